The Morgan fingerprint density at radius 3 is 1.40 bits per heavy atom. The Hall–Kier alpha value is -2.28. The first kappa shape index (κ1) is 24.0. The van der Waals surface area contributed by atoms with Gasteiger partial charge < -0.3 is 29.9 Å². The summed E-state index contributed by atoms with van der Waals surface area (Å²) in [6, 6.07) is 15.5. The third-order valence-electron chi connectivity index (χ3n) is 4.59. The lowest BCUT2D eigenvalue weighted by Gasteiger charge is -2.27. The molecule has 0 bridgehead atoms. The number of aliphatic hydroxyl groups excluding tert-OH is 3. The van der Waals surface area contributed by atoms with Gasteiger partial charge in [-0.3, -0.25) is 0 Å². The first-order chi connectivity index (χ1) is 14.3. The van der Waals surface area contributed by atoms with Crippen LogP contribution in [0.2, 0.25) is 0 Å². The predicted molar refractivity (Wildman–Crippen MR) is 123 cm³/mol. The summed E-state index contributed by atoms with van der Waals surface area (Å²) in [7, 11) is 0. The van der Waals surface area contributed by atoms with Crippen molar-refractivity contribution < 1.29 is 20.1 Å². The molecular formula is C24H36N2O4. The van der Waals surface area contributed by atoms with Crippen LogP contribution in [0.25, 0.3) is 0 Å². The zero-order valence-electron chi connectivity index (χ0n) is 18.5. The summed E-state index contributed by atoms with van der Waals surface area (Å²) in [6.07, 6.45) is -0.342. The molecular weight excluding hydrogens is 380 g/mol. The molecule has 0 fully saturated rings. The standard InChI is InChI=1S/C24H36N2O4/c1-5-14-25(15-18(2)27)21-6-10-23(11-7-21)30-24-12-8-22(9-13-24)26(16-19(3)28)17-20(4)29/h6-13,18-20,27-29H,5,14-17H2,1-4H3. The molecule has 0 radical (unpaired) electrons. The van der Waals surface area contributed by atoms with Crippen molar-refractivity contribution >= 4 is 11.4 Å². The van der Waals surface area contributed by atoms with E-state index in [0.29, 0.717) is 19.6 Å². The van der Waals surface area contributed by atoms with Crippen molar-refractivity contribution in [1.29, 1.82) is 0 Å². The zero-order chi connectivity index (χ0) is 22.1. The van der Waals surface area contributed by atoms with Gasteiger partial charge in [0.05, 0.1) is 18.3 Å². The maximum absolute atomic E-state index is 9.72. The SMILES string of the molecule is CCCN(CC(C)O)c1ccc(Oc2ccc(N(CC(C)O)CC(C)O)cc2)cc1. The van der Waals surface area contributed by atoms with Gasteiger partial charge in [-0.1, -0.05) is 6.92 Å². The smallest absolute Gasteiger partial charge is 0.127 e. The van der Waals surface area contributed by atoms with Crippen LogP contribution in [-0.4, -0.2) is 59.8 Å². The number of rotatable bonds is 12. The average molecular weight is 417 g/mol. The second kappa shape index (κ2) is 11.8. The molecule has 0 aliphatic rings. The Bertz CT molecular complexity index is 720. The van der Waals surface area contributed by atoms with Crippen LogP contribution in [0, 0.1) is 0 Å². The van der Waals surface area contributed by atoms with Gasteiger partial charge in [-0.05, 0) is 75.7 Å². The van der Waals surface area contributed by atoms with Crippen LogP contribution in [0.1, 0.15) is 34.1 Å². The van der Waals surface area contributed by atoms with Gasteiger partial charge in [-0.15, -0.1) is 0 Å². The minimum atomic E-state index is -0.487. The molecule has 0 saturated carbocycles. The van der Waals surface area contributed by atoms with Crippen LogP contribution in [0.4, 0.5) is 11.4 Å². The maximum Gasteiger partial charge on any atom is 0.127 e. The van der Waals surface area contributed by atoms with E-state index >= 15 is 0 Å². The summed E-state index contributed by atoms with van der Waals surface area (Å²) >= 11 is 0. The fraction of sp³-hybridized carbons (Fsp3) is 0.500. The lowest BCUT2D eigenvalue weighted by molar-refractivity contribution is 0.178. The molecule has 3 unspecified atom stereocenters. The third-order valence-corrected chi connectivity index (χ3v) is 4.59. The van der Waals surface area contributed by atoms with Crippen LogP contribution in [0.5, 0.6) is 11.5 Å². The highest BCUT2D eigenvalue weighted by Gasteiger charge is 2.13. The van der Waals surface area contributed by atoms with Crippen molar-refractivity contribution in [1.82, 2.24) is 0 Å². The van der Waals surface area contributed by atoms with Gasteiger partial charge in [0.1, 0.15) is 11.5 Å². The van der Waals surface area contributed by atoms with Gasteiger partial charge in [0, 0.05) is 37.6 Å². The molecule has 2 aromatic rings. The van der Waals surface area contributed by atoms with E-state index in [4.69, 9.17) is 4.74 Å². The molecule has 6 heteroatoms. The van der Waals surface area contributed by atoms with Gasteiger partial charge in [-0.2, -0.15) is 0 Å². The van der Waals surface area contributed by atoms with E-state index in [1.54, 1.807) is 20.8 Å². The summed E-state index contributed by atoms with van der Waals surface area (Å²) in [5.74, 6) is 1.46. The quantitative estimate of drug-likeness (QED) is 0.490. The largest absolute Gasteiger partial charge is 0.457 e. The van der Waals surface area contributed by atoms with Crippen molar-refractivity contribution in [2.45, 2.75) is 52.4 Å². The summed E-state index contributed by atoms with van der Waals surface area (Å²) in [4.78, 5) is 4.13. The minimum Gasteiger partial charge on any atom is -0.457 e. The Labute approximate surface area is 180 Å². The minimum absolute atomic E-state index is 0.381. The molecule has 3 N–H and O–H groups in total. The summed E-state index contributed by atoms with van der Waals surface area (Å²) in [6.45, 7) is 9.79. The number of anilines is 2. The molecule has 2 aromatic carbocycles. The number of hydrogen-bond donors (Lipinski definition) is 3. The molecule has 0 amide bonds. The molecule has 0 heterocycles. The number of hydrogen-bond acceptors (Lipinski definition) is 6. The maximum atomic E-state index is 9.72. The highest BCUT2D eigenvalue weighted by Crippen LogP contribution is 2.27. The van der Waals surface area contributed by atoms with Crippen LogP contribution in [0.3, 0.4) is 0 Å². The monoisotopic (exact) mass is 416 g/mol. The number of ether oxygens (including phenoxy) is 1. The van der Waals surface area contributed by atoms with Gasteiger partial charge in [0.15, 0.2) is 0 Å². The van der Waals surface area contributed by atoms with Gasteiger partial charge >= 0.3 is 0 Å². The Morgan fingerprint density at radius 1 is 0.667 bits per heavy atom. The van der Waals surface area contributed by atoms with E-state index in [1.807, 2.05) is 53.4 Å². The summed E-state index contributed by atoms with van der Waals surface area (Å²) in [5, 5.41) is 29.2. The van der Waals surface area contributed by atoms with E-state index < -0.39 is 12.2 Å². The molecule has 2 rings (SSSR count). The van der Waals surface area contributed by atoms with E-state index in [2.05, 4.69) is 11.8 Å². The normalized spacial score (nSPS) is 14.1. The van der Waals surface area contributed by atoms with Crippen LogP contribution < -0.4 is 14.5 Å². The van der Waals surface area contributed by atoms with E-state index in [9.17, 15) is 15.3 Å². The van der Waals surface area contributed by atoms with Gasteiger partial charge in [-0.25, -0.2) is 0 Å². The molecule has 0 spiro atoms. The van der Waals surface area contributed by atoms with Crippen molar-refractivity contribution in [3.8, 4) is 11.5 Å². The van der Waals surface area contributed by atoms with Gasteiger partial charge in [0.2, 0.25) is 0 Å². The first-order valence-corrected chi connectivity index (χ1v) is 10.7. The van der Waals surface area contributed by atoms with E-state index in [1.165, 1.54) is 0 Å². The van der Waals surface area contributed by atoms with Crippen molar-refractivity contribution in [2.75, 3.05) is 36.0 Å². The fourth-order valence-corrected chi connectivity index (χ4v) is 3.42. The van der Waals surface area contributed by atoms with E-state index in [0.717, 1.165) is 35.8 Å². The highest BCUT2D eigenvalue weighted by atomic mass is 16.5. The van der Waals surface area contributed by atoms with Crippen molar-refractivity contribution in [3.05, 3.63) is 48.5 Å². The summed E-state index contributed by atoms with van der Waals surface area (Å²) < 4.78 is 5.97. The average Bonchev–Trinajstić information content (AvgIpc) is 2.67. The second-order valence-corrected chi connectivity index (χ2v) is 7.99. The Morgan fingerprint density at radius 2 is 1.03 bits per heavy atom. The van der Waals surface area contributed by atoms with Crippen LogP contribution in [0.15, 0.2) is 48.5 Å². The zero-order valence-corrected chi connectivity index (χ0v) is 18.5. The highest BCUT2D eigenvalue weighted by molar-refractivity contribution is 5.52. The van der Waals surface area contributed by atoms with Gasteiger partial charge in [0.25, 0.3) is 0 Å². The van der Waals surface area contributed by atoms with Crippen LogP contribution in [-0.2, 0) is 0 Å². The summed E-state index contributed by atoms with van der Waals surface area (Å²) in [5.41, 5.74) is 1.99. The molecule has 0 aliphatic heterocycles. The molecule has 6 nitrogen and oxygen atoms in total. The van der Waals surface area contributed by atoms with Crippen molar-refractivity contribution in [2.24, 2.45) is 0 Å². The van der Waals surface area contributed by atoms with Crippen molar-refractivity contribution in [3.63, 3.8) is 0 Å². The fourth-order valence-electron chi connectivity index (χ4n) is 3.42. The molecule has 0 aliphatic carbocycles. The Kier molecular flexibility index (Phi) is 9.43. The molecule has 30 heavy (non-hydrogen) atoms. The molecule has 3 atom stereocenters. The Balaban J connectivity index is 2.05. The van der Waals surface area contributed by atoms with Crippen LogP contribution >= 0.6 is 0 Å². The number of nitrogens with zero attached hydrogens (tertiary/aromatic N) is 2. The lowest BCUT2D eigenvalue weighted by Crippen LogP contribution is -2.36. The predicted octanol–water partition coefficient (Wildman–Crippen LogP) is 3.64. The molecule has 166 valence electrons. The van der Waals surface area contributed by atoms with E-state index in [-0.39, 0.29) is 6.10 Å². The second-order valence-electron chi connectivity index (χ2n) is 7.99. The first-order valence-electron chi connectivity index (χ1n) is 10.7. The third kappa shape index (κ3) is 7.86. The number of benzene rings is 2. The topological polar surface area (TPSA) is 76.4 Å². The molecule has 0 aromatic heterocycles. The number of aliphatic hydroxyl groups is 3. The lowest BCUT2D eigenvalue weighted by atomic mass is 10.2. The molecule has 0 saturated heterocycles.